The molecule has 0 radical (unpaired) electrons. The maximum absolute atomic E-state index is 12.6. The molecule has 25 heavy (non-hydrogen) atoms. The average Bonchev–Trinajstić information content (AvgIpc) is 2.46. The minimum Gasteiger partial charge on any atom is -0.465 e. The van der Waals surface area contributed by atoms with Crippen LogP contribution >= 0.6 is 23.2 Å². The van der Waals surface area contributed by atoms with Gasteiger partial charge in [-0.1, -0.05) is 44.0 Å². The Labute approximate surface area is 159 Å². The van der Waals surface area contributed by atoms with Gasteiger partial charge < -0.3 is 14.8 Å². The minimum atomic E-state index is -2.19. The monoisotopic (exact) mass is 406 g/mol. The molecule has 140 valence electrons. The number of halogens is 2. The van der Waals surface area contributed by atoms with Crippen LogP contribution in [-0.2, 0) is 4.43 Å². The second-order valence-electron chi connectivity index (χ2n) is 7.30. The largest absolute Gasteiger partial charge is 0.465 e. The van der Waals surface area contributed by atoms with Gasteiger partial charge in [0.05, 0.1) is 21.7 Å². The van der Waals surface area contributed by atoms with Crippen LogP contribution in [0.4, 0.5) is 4.79 Å². The van der Waals surface area contributed by atoms with Crippen molar-refractivity contribution < 1.29 is 19.1 Å². The van der Waals surface area contributed by atoms with Crippen LogP contribution < -0.4 is 5.32 Å². The fourth-order valence-corrected chi connectivity index (χ4v) is 3.60. The van der Waals surface area contributed by atoms with E-state index in [1.54, 1.807) is 0 Å². The van der Waals surface area contributed by atoms with Crippen molar-refractivity contribution in [3.05, 3.63) is 28.0 Å². The summed E-state index contributed by atoms with van der Waals surface area (Å²) in [5.74, 6) is -0.295. The van der Waals surface area contributed by atoms with Crippen LogP contribution in [0.25, 0.3) is 0 Å². The van der Waals surface area contributed by atoms with Crippen molar-refractivity contribution in [2.24, 2.45) is 0 Å². The van der Waals surface area contributed by atoms with E-state index < -0.39 is 20.5 Å². The molecule has 0 saturated carbocycles. The molecule has 1 aromatic rings. The van der Waals surface area contributed by atoms with Gasteiger partial charge in [-0.25, -0.2) is 4.79 Å². The lowest BCUT2D eigenvalue weighted by Gasteiger charge is -2.39. The average molecular weight is 407 g/mol. The first-order valence-corrected chi connectivity index (χ1v) is 11.5. The molecule has 9 heteroatoms. The molecule has 6 nitrogen and oxygen atoms in total. The number of pyridine rings is 1. The summed E-state index contributed by atoms with van der Waals surface area (Å²) < 4.78 is 6.21. The number of nitrogens with zero attached hydrogens (tertiary/aromatic N) is 1. The quantitative estimate of drug-likeness (QED) is 0.509. The van der Waals surface area contributed by atoms with E-state index in [1.807, 2.05) is 13.1 Å². The van der Waals surface area contributed by atoms with Crippen molar-refractivity contribution in [3.8, 4) is 0 Å². The van der Waals surface area contributed by atoms with Gasteiger partial charge in [-0.15, -0.1) is 0 Å². The first-order valence-electron chi connectivity index (χ1n) is 7.82. The van der Waals surface area contributed by atoms with Crippen LogP contribution in [0.3, 0.4) is 0 Å². The maximum Gasteiger partial charge on any atom is 0.404 e. The molecule has 0 aliphatic heterocycles. The highest BCUT2D eigenvalue weighted by molar-refractivity contribution is 6.74. The normalized spacial score (nSPS) is 13.4. The number of carbonyl (C=O) groups is 2. The number of carbonyl (C=O) groups excluding carboxylic acids is 1. The molecule has 1 aromatic heterocycles. The SMILES string of the molecule is CC(C)(C)[Si](C)(C)O[C@@H](CNC(=O)O)CC(=O)c1cncc(Cl)c1Cl. The summed E-state index contributed by atoms with van der Waals surface area (Å²) in [4.78, 5) is 27.3. The molecule has 1 amide bonds. The summed E-state index contributed by atoms with van der Waals surface area (Å²) in [5.41, 5.74) is 0.202. The van der Waals surface area contributed by atoms with Crippen molar-refractivity contribution >= 4 is 43.4 Å². The van der Waals surface area contributed by atoms with Gasteiger partial charge in [0, 0.05) is 25.4 Å². The first kappa shape index (κ1) is 21.9. The fourth-order valence-electron chi connectivity index (χ4n) is 1.88. The van der Waals surface area contributed by atoms with Crippen molar-refractivity contribution in [2.45, 2.75) is 51.4 Å². The molecule has 0 saturated heterocycles. The van der Waals surface area contributed by atoms with E-state index in [-0.39, 0.29) is 39.4 Å². The number of rotatable bonds is 7. The second-order valence-corrected chi connectivity index (χ2v) is 12.8. The van der Waals surface area contributed by atoms with Crippen molar-refractivity contribution in [1.82, 2.24) is 10.3 Å². The number of amides is 1. The van der Waals surface area contributed by atoms with Crippen molar-refractivity contribution in [1.29, 1.82) is 0 Å². The molecule has 1 heterocycles. The van der Waals surface area contributed by atoms with Crippen LogP contribution in [0.1, 0.15) is 37.6 Å². The molecule has 0 aliphatic carbocycles. The van der Waals surface area contributed by atoms with Gasteiger partial charge in [0.15, 0.2) is 14.1 Å². The number of aromatic nitrogens is 1. The topological polar surface area (TPSA) is 88.5 Å². The molecule has 0 bridgehead atoms. The number of ketones is 1. The Morgan fingerprint density at radius 1 is 1.32 bits per heavy atom. The lowest BCUT2D eigenvalue weighted by Crippen LogP contribution is -2.47. The zero-order chi connectivity index (χ0) is 19.4. The Balaban J connectivity index is 2.98. The Bertz CT molecular complexity index is 648. The van der Waals surface area contributed by atoms with E-state index in [1.165, 1.54) is 12.4 Å². The van der Waals surface area contributed by atoms with E-state index >= 15 is 0 Å². The Hall–Kier alpha value is -1.15. The zero-order valence-electron chi connectivity index (χ0n) is 15.0. The number of hydrogen-bond acceptors (Lipinski definition) is 4. The Kier molecular flexibility index (Phi) is 7.43. The minimum absolute atomic E-state index is 0.0131. The number of hydrogen-bond donors (Lipinski definition) is 2. The maximum atomic E-state index is 12.6. The Morgan fingerprint density at radius 2 is 1.92 bits per heavy atom. The summed E-state index contributed by atoms with van der Waals surface area (Å²) in [7, 11) is -2.19. The third kappa shape index (κ3) is 6.25. The highest BCUT2D eigenvalue weighted by Crippen LogP contribution is 2.37. The summed E-state index contributed by atoms with van der Waals surface area (Å²) in [6.45, 7) is 10.3. The van der Waals surface area contributed by atoms with Gasteiger partial charge in [0.1, 0.15) is 0 Å². The molecular formula is C16H24Cl2N2O4Si. The fraction of sp³-hybridized carbons (Fsp3) is 0.562. The molecule has 0 spiro atoms. The molecule has 0 aromatic carbocycles. The number of Topliss-reactive ketones (excluding diaryl/α,β-unsaturated/α-hetero) is 1. The summed E-state index contributed by atoms with van der Waals surface area (Å²) in [6.07, 6.45) is 0.924. The van der Waals surface area contributed by atoms with Gasteiger partial charge in [-0.2, -0.15) is 0 Å². The van der Waals surface area contributed by atoms with Gasteiger partial charge in [0.25, 0.3) is 0 Å². The molecule has 0 fully saturated rings. The van der Waals surface area contributed by atoms with Gasteiger partial charge in [0.2, 0.25) is 0 Å². The van der Waals surface area contributed by atoms with E-state index in [0.717, 1.165) is 0 Å². The highest BCUT2D eigenvalue weighted by Gasteiger charge is 2.39. The van der Waals surface area contributed by atoms with E-state index in [0.29, 0.717) is 0 Å². The lowest BCUT2D eigenvalue weighted by molar-refractivity contribution is 0.0887. The molecule has 0 aliphatic rings. The summed E-state index contributed by atoms with van der Waals surface area (Å²) in [6, 6.07) is 0. The summed E-state index contributed by atoms with van der Waals surface area (Å²) in [5, 5.41) is 11.4. The predicted octanol–water partition coefficient (Wildman–Crippen LogP) is 4.62. The van der Waals surface area contributed by atoms with Crippen LogP contribution in [0.2, 0.25) is 28.2 Å². The van der Waals surface area contributed by atoms with Crippen molar-refractivity contribution in [2.75, 3.05) is 6.54 Å². The van der Waals surface area contributed by atoms with Crippen LogP contribution in [0.5, 0.6) is 0 Å². The first-order chi connectivity index (χ1) is 11.3. The van der Waals surface area contributed by atoms with Gasteiger partial charge >= 0.3 is 6.09 Å². The lowest BCUT2D eigenvalue weighted by atomic mass is 10.1. The third-order valence-electron chi connectivity index (χ3n) is 4.30. The van der Waals surface area contributed by atoms with Gasteiger partial charge in [-0.05, 0) is 18.1 Å². The molecule has 2 N–H and O–H groups in total. The number of nitrogens with one attached hydrogen (secondary N) is 1. The highest BCUT2D eigenvalue weighted by atomic mass is 35.5. The van der Waals surface area contributed by atoms with E-state index in [4.69, 9.17) is 32.7 Å². The third-order valence-corrected chi connectivity index (χ3v) is 9.63. The van der Waals surface area contributed by atoms with Crippen molar-refractivity contribution in [3.63, 3.8) is 0 Å². The zero-order valence-corrected chi connectivity index (χ0v) is 17.5. The molecular weight excluding hydrogens is 383 g/mol. The molecule has 0 unspecified atom stereocenters. The van der Waals surface area contributed by atoms with Crippen LogP contribution in [-0.4, -0.2) is 42.9 Å². The standard InChI is InChI=1S/C16H24Cl2N2O4Si/c1-16(2,3)25(4,5)24-10(7-20-15(22)23)6-13(21)11-8-19-9-12(17)14(11)18/h8-10,20H,6-7H2,1-5H3,(H,22,23)/t10-/m1/s1. The predicted molar refractivity (Wildman–Crippen MR) is 101 cm³/mol. The number of carboxylic acid groups (broad SMARTS) is 1. The Morgan fingerprint density at radius 3 is 2.44 bits per heavy atom. The smallest absolute Gasteiger partial charge is 0.404 e. The van der Waals surface area contributed by atoms with Crippen LogP contribution in [0.15, 0.2) is 12.4 Å². The van der Waals surface area contributed by atoms with E-state index in [2.05, 4.69) is 31.1 Å². The summed E-state index contributed by atoms with van der Waals surface area (Å²) >= 11 is 12.0. The second kappa shape index (κ2) is 8.49. The molecule has 1 rings (SSSR count). The van der Waals surface area contributed by atoms with E-state index in [9.17, 15) is 9.59 Å². The van der Waals surface area contributed by atoms with Gasteiger partial charge in [-0.3, -0.25) is 9.78 Å². The molecule has 1 atom stereocenters. The van der Waals surface area contributed by atoms with Crippen LogP contribution in [0, 0.1) is 0 Å².